The highest BCUT2D eigenvalue weighted by molar-refractivity contribution is 5.97. The molecule has 0 spiro atoms. The molecule has 2 aromatic rings. The summed E-state index contributed by atoms with van der Waals surface area (Å²) in [6.45, 7) is 3.50. The molecular weight excluding hydrogens is 202 g/mol. The van der Waals surface area contributed by atoms with Crippen molar-refractivity contribution in [2.45, 2.75) is 13.8 Å². The lowest BCUT2D eigenvalue weighted by molar-refractivity contribution is 0.101. The van der Waals surface area contributed by atoms with Gasteiger partial charge in [-0.3, -0.25) is 4.79 Å². The summed E-state index contributed by atoms with van der Waals surface area (Å²) in [5.41, 5.74) is 2.45. The summed E-state index contributed by atoms with van der Waals surface area (Å²) < 4.78 is 5.16. The van der Waals surface area contributed by atoms with Gasteiger partial charge in [-0.2, -0.15) is 0 Å². The molecule has 1 heterocycles. The summed E-state index contributed by atoms with van der Waals surface area (Å²) in [5, 5.41) is 1.02. The number of carbonyl (C=O) groups excluding carboxylic acids is 1. The average Bonchev–Trinajstić information content (AvgIpc) is 2.27. The first-order valence-corrected chi connectivity index (χ1v) is 5.08. The normalized spacial score (nSPS) is 10.4. The maximum atomic E-state index is 11.3. The molecule has 1 aromatic carbocycles. The zero-order chi connectivity index (χ0) is 11.7. The van der Waals surface area contributed by atoms with Crippen molar-refractivity contribution in [1.82, 2.24) is 4.98 Å². The molecule has 1 aromatic heterocycles. The smallest absolute Gasteiger partial charge is 0.216 e. The minimum Gasteiger partial charge on any atom is -0.481 e. The first kappa shape index (κ1) is 10.6. The van der Waals surface area contributed by atoms with Crippen LogP contribution in [0.1, 0.15) is 22.8 Å². The summed E-state index contributed by atoms with van der Waals surface area (Å²) in [7, 11) is 1.59. The molecule has 0 saturated heterocycles. The molecule has 0 bridgehead atoms. The lowest BCUT2D eigenvalue weighted by atomic mass is 10.1. The molecule has 0 fully saturated rings. The van der Waals surface area contributed by atoms with Crippen LogP contribution in [0.3, 0.4) is 0 Å². The molecule has 16 heavy (non-hydrogen) atoms. The van der Waals surface area contributed by atoms with E-state index in [-0.39, 0.29) is 5.78 Å². The SMILES string of the molecule is COc1nc2cc(C(C)=O)ccc2cc1C. The summed E-state index contributed by atoms with van der Waals surface area (Å²) in [5.74, 6) is 0.649. The molecule has 0 radical (unpaired) electrons. The second-order valence-electron chi connectivity index (χ2n) is 3.78. The Kier molecular flexibility index (Phi) is 2.60. The molecule has 0 atom stereocenters. The van der Waals surface area contributed by atoms with Gasteiger partial charge < -0.3 is 4.74 Å². The van der Waals surface area contributed by atoms with Gasteiger partial charge >= 0.3 is 0 Å². The number of rotatable bonds is 2. The molecule has 0 aliphatic rings. The number of fused-ring (bicyclic) bond motifs is 1. The van der Waals surface area contributed by atoms with Crippen molar-refractivity contribution in [1.29, 1.82) is 0 Å². The minimum absolute atomic E-state index is 0.0447. The predicted molar refractivity (Wildman–Crippen MR) is 63.0 cm³/mol. The van der Waals surface area contributed by atoms with Crippen molar-refractivity contribution in [3.8, 4) is 5.88 Å². The highest BCUT2D eigenvalue weighted by atomic mass is 16.5. The van der Waals surface area contributed by atoms with Gasteiger partial charge in [-0.05, 0) is 26.0 Å². The summed E-state index contributed by atoms with van der Waals surface area (Å²) >= 11 is 0. The van der Waals surface area contributed by atoms with Gasteiger partial charge in [-0.1, -0.05) is 12.1 Å². The molecule has 82 valence electrons. The third kappa shape index (κ3) is 1.76. The van der Waals surface area contributed by atoms with Crippen LogP contribution in [0.5, 0.6) is 5.88 Å². The van der Waals surface area contributed by atoms with Crippen molar-refractivity contribution in [3.63, 3.8) is 0 Å². The Morgan fingerprint density at radius 3 is 2.69 bits per heavy atom. The number of pyridine rings is 1. The highest BCUT2D eigenvalue weighted by Crippen LogP contribution is 2.22. The topological polar surface area (TPSA) is 39.2 Å². The van der Waals surface area contributed by atoms with E-state index in [4.69, 9.17) is 4.74 Å². The minimum atomic E-state index is 0.0447. The Labute approximate surface area is 94.1 Å². The zero-order valence-electron chi connectivity index (χ0n) is 9.57. The van der Waals surface area contributed by atoms with Crippen LogP contribution in [0.4, 0.5) is 0 Å². The largest absolute Gasteiger partial charge is 0.481 e. The number of nitrogens with zero attached hydrogens (tertiary/aromatic N) is 1. The fraction of sp³-hybridized carbons (Fsp3) is 0.231. The number of carbonyl (C=O) groups is 1. The summed E-state index contributed by atoms with van der Waals surface area (Å²) in [4.78, 5) is 15.6. The van der Waals surface area contributed by atoms with E-state index in [1.54, 1.807) is 20.1 Å². The third-order valence-corrected chi connectivity index (χ3v) is 2.56. The van der Waals surface area contributed by atoms with Gasteiger partial charge in [0.25, 0.3) is 0 Å². The van der Waals surface area contributed by atoms with E-state index in [1.165, 1.54) is 0 Å². The Hall–Kier alpha value is -1.90. The lowest BCUT2D eigenvalue weighted by Gasteiger charge is -2.06. The number of ketones is 1. The van der Waals surface area contributed by atoms with Crippen molar-refractivity contribution < 1.29 is 9.53 Å². The lowest BCUT2D eigenvalue weighted by Crippen LogP contribution is -1.95. The second-order valence-corrected chi connectivity index (χ2v) is 3.78. The van der Waals surface area contributed by atoms with E-state index in [0.717, 1.165) is 16.5 Å². The van der Waals surface area contributed by atoms with Crippen molar-refractivity contribution in [3.05, 3.63) is 35.4 Å². The maximum absolute atomic E-state index is 11.3. The maximum Gasteiger partial charge on any atom is 0.216 e. The number of benzene rings is 1. The molecule has 0 amide bonds. The number of methoxy groups -OCH3 is 1. The summed E-state index contributed by atoms with van der Waals surface area (Å²) in [6, 6.07) is 7.52. The molecule has 3 nitrogen and oxygen atoms in total. The number of aromatic nitrogens is 1. The standard InChI is InChI=1S/C13H13NO2/c1-8-6-11-5-4-10(9(2)15)7-12(11)14-13(8)16-3/h4-7H,1-3H3. The second kappa shape index (κ2) is 3.93. The van der Waals surface area contributed by atoms with Gasteiger partial charge in [-0.15, -0.1) is 0 Å². The van der Waals surface area contributed by atoms with Crippen molar-refractivity contribution >= 4 is 16.7 Å². The van der Waals surface area contributed by atoms with E-state index in [9.17, 15) is 4.79 Å². The molecule has 0 saturated carbocycles. The van der Waals surface area contributed by atoms with Crippen molar-refractivity contribution in [2.75, 3.05) is 7.11 Å². The monoisotopic (exact) mass is 215 g/mol. The van der Waals surface area contributed by atoms with Crippen LogP contribution < -0.4 is 4.74 Å². The van der Waals surface area contributed by atoms with Crippen molar-refractivity contribution in [2.24, 2.45) is 0 Å². The van der Waals surface area contributed by atoms with Crippen LogP contribution >= 0.6 is 0 Å². The van der Waals surface area contributed by atoms with Gasteiger partial charge in [-0.25, -0.2) is 4.98 Å². The Morgan fingerprint density at radius 2 is 2.06 bits per heavy atom. The van der Waals surface area contributed by atoms with Crippen LogP contribution in [0, 0.1) is 6.92 Å². The van der Waals surface area contributed by atoms with Gasteiger partial charge in [0.05, 0.1) is 12.6 Å². The van der Waals surface area contributed by atoms with Crippen LogP contribution in [0.25, 0.3) is 10.9 Å². The number of hydrogen-bond acceptors (Lipinski definition) is 3. The molecular formula is C13H13NO2. The first-order valence-electron chi connectivity index (χ1n) is 5.08. The fourth-order valence-electron chi connectivity index (χ4n) is 1.68. The van der Waals surface area contributed by atoms with E-state index in [0.29, 0.717) is 11.4 Å². The molecule has 0 N–H and O–H groups in total. The zero-order valence-corrected chi connectivity index (χ0v) is 9.57. The van der Waals surface area contributed by atoms with Gasteiger partial charge in [0, 0.05) is 16.5 Å². The molecule has 2 rings (SSSR count). The first-order chi connectivity index (χ1) is 7.61. The third-order valence-electron chi connectivity index (χ3n) is 2.56. The van der Waals surface area contributed by atoms with Gasteiger partial charge in [0.2, 0.25) is 5.88 Å². The summed E-state index contributed by atoms with van der Waals surface area (Å²) in [6.07, 6.45) is 0. The highest BCUT2D eigenvalue weighted by Gasteiger charge is 2.05. The van der Waals surface area contributed by atoms with Gasteiger partial charge in [0.1, 0.15) is 0 Å². The molecule has 0 unspecified atom stereocenters. The Morgan fingerprint density at radius 1 is 1.31 bits per heavy atom. The van der Waals surface area contributed by atoms with E-state index >= 15 is 0 Å². The average molecular weight is 215 g/mol. The molecule has 0 aliphatic carbocycles. The number of hydrogen-bond donors (Lipinski definition) is 0. The number of Topliss-reactive ketones (excluding diaryl/α,β-unsaturated/α-hetero) is 1. The van der Waals surface area contributed by atoms with Crippen LogP contribution in [-0.4, -0.2) is 17.9 Å². The Balaban J connectivity index is 2.68. The predicted octanol–water partition coefficient (Wildman–Crippen LogP) is 2.75. The number of ether oxygens (including phenoxy) is 1. The van der Waals surface area contributed by atoms with Gasteiger partial charge in [0.15, 0.2) is 5.78 Å². The quantitative estimate of drug-likeness (QED) is 0.723. The van der Waals surface area contributed by atoms with Crippen LogP contribution in [-0.2, 0) is 0 Å². The fourth-order valence-corrected chi connectivity index (χ4v) is 1.68. The van der Waals surface area contributed by atoms with Crippen LogP contribution in [0.2, 0.25) is 0 Å². The van der Waals surface area contributed by atoms with Crippen LogP contribution in [0.15, 0.2) is 24.3 Å². The Bertz CT molecular complexity index is 561. The molecule has 3 heteroatoms. The van der Waals surface area contributed by atoms with E-state index < -0.39 is 0 Å². The van der Waals surface area contributed by atoms with E-state index in [2.05, 4.69) is 4.98 Å². The van der Waals surface area contributed by atoms with E-state index in [1.807, 2.05) is 25.1 Å². The number of aryl methyl sites for hydroxylation is 1. The molecule has 0 aliphatic heterocycles.